The number of nitrogen functional groups attached to an aromatic ring is 1. The maximum Gasteiger partial charge on any atom is 0.422 e. The molecule has 0 bridgehead atoms. The zero-order chi connectivity index (χ0) is 21.0. The second-order valence-electron chi connectivity index (χ2n) is 5.60. The highest BCUT2D eigenvalue weighted by Gasteiger charge is 2.28. The van der Waals surface area contributed by atoms with Gasteiger partial charge in [-0.1, -0.05) is 0 Å². The summed E-state index contributed by atoms with van der Waals surface area (Å²) in [6, 6.07) is 7.51. The number of ether oxygens (including phenoxy) is 2. The molecule has 0 unspecified atom stereocenters. The van der Waals surface area contributed by atoms with Gasteiger partial charge in [-0.05, 0) is 24.3 Å². The SMILES string of the molecule is NC(=O)c1cc(N)nc(-c2ccc(Oc3ncc(OCC(F)(F)F)cn3)cc2)n1. The first kappa shape index (κ1) is 19.8. The van der Waals surface area contributed by atoms with Crippen molar-refractivity contribution in [2.75, 3.05) is 12.3 Å². The molecule has 150 valence electrons. The number of hydrogen-bond donors (Lipinski definition) is 2. The number of primary amides is 1. The average molecular weight is 406 g/mol. The predicted molar refractivity (Wildman–Crippen MR) is 94.1 cm³/mol. The van der Waals surface area contributed by atoms with E-state index in [1.165, 1.54) is 6.07 Å². The molecule has 29 heavy (non-hydrogen) atoms. The summed E-state index contributed by atoms with van der Waals surface area (Å²) in [6.45, 7) is -1.44. The van der Waals surface area contributed by atoms with Crippen LogP contribution in [-0.2, 0) is 0 Å². The normalized spacial score (nSPS) is 11.1. The molecule has 9 nitrogen and oxygen atoms in total. The third-order valence-corrected chi connectivity index (χ3v) is 3.33. The second kappa shape index (κ2) is 7.96. The molecule has 12 heteroatoms. The summed E-state index contributed by atoms with van der Waals surface area (Å²) in [5, 5.41) is 0. The maximum atomic E-state index is 12.1. The molecule has 0 radical (unpaired) electrons. The maximum absolute atomic E-state index is 12.1. The molecule has 1 amide bonds. The van der Waals surface area contributed by atoms with E-state index < -0.39 is 18.7 Å². The van der Waals surface area contributed by atoms with E-state index in [9.17, 15) is 18.0 Å². The summed E-state index contributed by atoms with van der Waals surface area (Å²) >= 11 is 0. The Hall–Kier alpha value is -3.96. The number of hydrogen-bond acceptors (Lipinski definition) is 8. The fraction of sp³-hybridized carbons (Fsp3) is 0.118. The minimum Gasteiger partial charge on any atom is -0.481 e. The van der Waals surface area contributed by atoms with Crippen LogP contribution in [0.4, 0.5) is 19.0 Å². The number of nitrogens with zero attached hydrogens (tertiary/aromatic N) is 4. The van der Waals surface area contributed by atoms with Crippen LogP contribution in [0.3, 0.4) is 0 Å². The molecule has 0 atom stereocenters. The highest BCUT2D eigenvalue weighted by Crippen LogP contribution is 2.24. The van der Waals surface area contributed by atoms with Gasteiger partial charge in [0, 0.05) is 11.6 Å². The van der Waals surface area contributed by atoms with Gasteiger partial charge in [0.1, 0.15) is 17.3 Å². The van der Waals surface area contributed by atoms with Crippen LogP contribution in [0.1, 0.15) is 10.5 Å². The lowest BCUT2D eigenvalue weighted by atomic mass is 10.2. The van der Waals surface area contributed by atoms with Crippen molar-refractivity contribution in [1.82, 2.24) is 19.9 Å². The van der Waals surface area contributed by atoms with Crippen LogP contribution in [0.2, 0.25) is 0 Å². The third kappa shape index (κ3) is 5.51. The number of rotatable bonds is 6. The smallest absolute Gasteiger partial charge is 0.422 e. The lowest BCUT2D eigenvalue weighted by molar-refractivity contribution is -0.153. The highest BCUT2D eigenvalue weighted by atomic mass is 19.4. The Morgan fingerprint density at radius 1 is 1.03 bits per heavy atom. The van der Waals surface area contributed by atoms with E-state index in [-0.39, 0.29) is 29.1 Å². The zero-order valence-electron chi connectivity index (χ0n) is 14.6. The third-order valence-electron chi connectivity index (χ3n) is 3.33. The lowest BCUT2D eigenvalue weighted by Gasteiger charge is -2.09. The van der Waals surface area contributed by atoms with Crippen molar-refractivity contribution < 1.29 is 27.4 Å². The van der Waals surface area contributed by atoms with Gasteiger partial charge in [-0.25, -0.2) is 9.97 Å². The Morgan fingerprint density at radius 2 is 1.69 bits per heavy atom. The highest BCUT2D eigenvalue weighted by molar-refractivity contribution is 5.91. The van der Waals surface area contributed by atoms with E-state index in [0.29, 0.717) is 11.3 Å². The number of benzene rings is 1. The molecule has 3 aromatic rings. The minimum absolute atomic E-state index is 0.0194. The number of anilines is 1. The summed E-state index contributed by atoms with van der Waals surface area (Å²) in [5.41, 5.74) is 11.4. The zero-order valence-corrected chi connectivity index (χ0v) is 14.6. The molecule has 0 aliphatic carbocycles. The predicted octanol–water partition coefficient (Wildman–Crippen LogP) is 2.35. The summed E-state index contributed by atoms with van der Waals surface area (Å²) in [7, 11) is 0. The van der Waals surface area contributed by atoms with Crippen LogP contribution >= 0.6 is 0 Å². The first-order valence-electron chi connectivity index (χ1n) is 7.94. The van der Waals surface area contributed by atoms with Gasteiger partial charge in [0.15, 0.2) is 18.2 Å². The molecular formula is C17H13F3N6O3. The summed E-state index contributed by atoms with van der Waals surface area (Å²) in [6.07, 6.45) is -2.33. The van der Waals surface area contributed by atoms with Crippen molar-refractivity contribution in [1.29, 1.82) is 0 Å². The van der Waals surface area contributed by atoms with Crippen LogP contribution in [0, 0.1) is 0 Å². The summed E-state index contributed by atoms with van der Waals surface area (Å²) in [4.78, 5) is 26.9. The lowest BCUT2D eigenvalue weighted by Crippen LogP contribution is -2.19. The topological polar surface area (TPSA) is 139 Å². The second-order valence-corrected chi connectivity index (χ2v) is 5.60. The van der Waals surface area contributed by atoms with E-state index >= 15 is 0 Å². The van der Waals surface area contributed by atoms with Crippen LogP contribution < -0.4 is 20.9 Å². The molecule has 0 saturated heterocycles. The molecule has 0 aliphatic rings. The van der Waals surface area contributed by atoms with Gasteiger partial charge in [0.05, 0.1) is 12.4 Å². The molecule has 2 heterocycles. The number of carbonyl (C=O) groups is 1. The fourth-order valence-electron chi connectivity index (χ4n) is 2.10. The first-order chi connectivity index (χ1) is 13.7. The number of nitrogens with two attached hydrogens (primary N) is 2. The molecular weight excluding hydrogens is 393 g/mol. The van der Waals surface area contributed by atoms with Crippen molar-refractivity contribution in [3.8, 4) is 28.9 Å². The molecule has 0 spiro atoms. The number of aromatic nitrogens is 4. The van der Waals surface area contributed by atoms with E-state index in [2.05, 4.69) is 24.7 Å². The molecule has 3 rings (SSSR count). The van der Waals surface area contributed by atoms with Gasteiger partial charge in [0.2, 0.25) is 0 Å². The van der Waals surface area contributed by atoms with Crippen molar-refractivity contribution in [3.05, 3.63) is 48.4 Å². The largest absolute Gasteiger partial charge is 0.481 e. The van der Waals surface area contributed by atoms with Gasteiger partial charge < -0.3 is 20.9 Å². The Morgan fingerprint density at radius 3 is 2.28 bits per heavy atom. The van der Waals surface area contributed by atoms with Crippen molar-refractivity contribution in [2.45, 2.75) is 6.18 Å². The number of amides is 1. The van der Waals surface area contributed by atoms with Gasteiger partial charge in [-0.15, -0.1) is 0 Å². The van der Waals surface area contributed by atoms with E-state index in [1.807, 2.05) is 0 Å². The Balaban J connectivity index is 1.69. The monoisotopic (exact) mass is 406 g/mol. The molecule has 1 aromatic carbocycles. The number of carbonyl (C=O) groups excluding carboxylic acids is 1. The Labute approximate surface area is 161 Å². The van der Waals surface area contributed by atoms with Crippen LogP contribution in [0.5, 0.6) is 17.5 Å². The van der Waals surface area contributed by atoms with Gasteiger partial charge in [-0.3, -0.25) is 4.79 Å². The molecule has 0 aliphatic heterocycles. The fourth-order valence-corrected chi connectivity index (χ4v) is 2.10. The van der Waals surface area contributed by atoms with Crippen LogP contribution in [-0.4, -0.2) is 38.6 Å². The van der Waals surface area contributed by atoms with E-state index in [1.54, 1.807) is 24.3 Å². The average Bonchev–Trinajstić information content (AvgIpc) is 2.67. The number of halogens is 3. The van der Waals surface area contributed by atoms with Crippen LogP contribution in [0.25, 0.3) is 11.4 Å². The number of alkyl halides is 3. The Bertz CT molecular complexity index is 1010. The molecule has 2 aromatic heterocycles. The van der Waals surface area contributed by atoms with Gasteiger partial charge in [-0.2, -0.15) is 23.1 Å². The van der Waals surface area contributed by atoms with Gasteiger partial charge >= 0.3 is 12.2 Å². The van der Waals surface area contributed by atoms with Crippen molar-refractivity contribution >= 4 is 11.7 Å². The van der Waals surface area contributed by atoms with Crippen LogP contribution in [0.15, 0.2) is 42.7 Å². The van der Waals surface area contributed by atoms with Crippen molar-refractivity contribution in [3.63, 3.8) is 0 Å². The standard InChI is InChI=1S/C17H13F3N6O3/c18-17(19,20)8-28-11-6-23-16(24-7-11)29-10-3-1-9(2-4-10)15-25-12(14(22)27)5-13(21)26-15/h1-7H,8H2,(H2,22,27)(H2,21,25,26). The summed E-state index contributed by atoms with van der Waals surface area (Å²) < 4.78 is 46.3. The minimum atomic E-state index is -4.46. The Kier molecular flexibility index (Phi) is 5.43. The van der Waals surface area contributed by atoms with Gasteiger partial charge in [0.25, 0.3) is 5.91 Å². The van der Waals surface area contributed by atoms with E-state index in [4.69, 9.17) is 16.2 Å². The first-order valence-corrected chi connectivity index (χ1v) is 7.94. The summed E-state index contributed by atoms with van der Waals surface area (Å²) in [5.74, 6) is -0.246. The molecule has 0 fully saturated rings. The quantitative estimate of drug-likeness (QED) is 0.636. The van der Waals surface area contributed by atoms with Crippen molar-refractivity contribution in [2.24, 2.45) is 5.73 Å². The van der Waals surface area contributed by atoms with E-state index in [0.717, 1.165) is 12.4 Å². The molecule has 0 saturated carbocycles. The molecule has 4 N–H and O–H groups in total.